The van der Waals surface area contributed by atoms with E-state index >= 15 is 0 Å². The van der Waals surface area contributed by atoms with Crippen LogP contribution in [0.2, 0.25) is 5.02 Å². The second kappa shape index (κ2) is 15.0. The van der Waals surface area contributed by atoms with Crippen LogP contribution in [0.3, 0.4) is 0 Å². The van der Waals surface area contributed by atoms with Crippen molar-refractivity contribution in [3.8, 4) is 5.75 Å². The molecular weight excluding hydrogens is 674 g/mol. The van der Waals surface area contributed by atoms with Gasteiger partial charge in [0.2, 0.25) is 23.5 Å². The first-order valence-corrected chi connectivity index (χ1v) is 17.8. The number of likely N-dealkylation sites (tertiary alicyclic amines) is 1. The Morgan fingerprint density at radius 1 is 1.10 bits per heavy atom. The largest absolute Gasteiger partial charge is 0.495 e. The van der Waals surface area contributed by atoms with Crippen LogP contribution < -0.4 is 20.7 Å². The molecule has 13 heteroatoms. The standard InChI is InChI=1S/C38H48ClN5O7/c1-8-12-27(30(45)35(48)40-6)41-34(47)29-19-38(18-28(43-51-38)23-15-21(2)31(50-7)26(39)16-23)20-44(29)36(49)32(37(3,4)5)42-33(46)25-17-24(25)22-13-10-9-11-14-22/h9-11,13-16,24-25,27,29,32H,8,12,17-20H2,1-7H3,(H,40,48)(H,41,47)(H,42,46)/t24-,25+,27-,29-,32?,38+/m0/s1. The molecule has 2 aromatic carbocycles. The smallest absolute Gasteiger partial charge is 0.289 e. The highest BCUT2D eigenvalue weighted by molar-refractivity contribution is 6.38. The van der Waals surface area contributed by atoms with Crippen LogP contribution in [-0.4, -0.2) is 84.5 Å². The molecule has 274 valence electrons. The van der Waals surface area contributed by atoms with E-state index in [0.717, 1.165) is 16.7 Å². The molecule has 1 aliphatic carbocycles. The lowest BCUT2D eigenvalue weighted by Crippen LogP contribution is -2.59. The molecule has 2 fully saturated rings. The Hall–Kier alpha value is -4.45. The highest BCUT2D eigenvalue weighted by Crippen LogP contribution is 2.48. The Bertz CT molecular complexity index is 1700. The minimum atomic E-state index is -1.08. The molecule has 3 N–H and O–H groups in total. The third-order valence-electron chi connectivity index (χ3n) is 10.0. The number of methoxy groups -OCH3 is 1. The van der Waals surface area contributed by atoms with Crippen LogP contribution in [-0.2, 0) is 28.8 Å². The predicted octanol–water partition coefficient (Wildman–Crippen LogP) is 4.06. The number of carbonyl (C=O) groups is 5. The number of hydrogen-bond donors (Lipinski definition) is 3. The number of aryl methyl sites for hydroxylation is 1. The second-order valence-corrected chi connectivity index (χ2v) is 15.4. The Morgan fingerprint density at radius 2 is 1.80 bits per heavy atom. The fourth-order valence-electron chi connectivity index (χ4n) is 7.16. The van der Waals surface area contributed by atoms with Crippen molar-refractivity contribution in [1.82, 2.24) is 20.9 Å². The summed E-state index contributed by atoms with van der Waals surface area (Å²) < 4.78 is 5.41. The van der Waals surface area contributed by atoms with Crippen LogP contribution >= 0.6 is 11.6 Å². The Labute approximate surface area is 304 Å². The van der Waals surface area contributed by atoms with Gasteiger partial charge < -0.3 is 30.4 Å². The van der Waals surface area contributed by atoms with Gasteiger partial charge in [-0.2, -0.15) is 0 Å². The minimum absolute atomic E-state index is 0.000144. The molecule has 2 aromatic rings. The van der Waals surface area contributed by atoms with Gasteiger partial charge in [0.1, 0.15) is 17.8 Å². The molecule has 0 radical (unpaired) electrons. The summed E-state index contributed by atoms with van der Waals surface area (Å²) in [5, 5.41) is 12.9. The minimum Gasteiger partial charge on any atom is -0.495 e. The molecule has 2 aliphatic heterocycles. The summed E-state index contributed by atoms with van der Waals surface area (Å²) in [7, 11) is 2.89. The number of Topliss-reactive ketones (excluding diaryl/α,β-unsaturated/α-hetero) is 1. The highest BCUT2D eigenvalue weighted by atomic mass is 35.5. The number of amides is 4. The number of ether oxygens (including phenoxy) is 1. The van der Waals surface area contributed by atoms with E-state index in [-0.39, 0.29) is 43.6 Å². The first-order valence-electron chi connectivity index (χ1n) is 17.4. The fraction of sp³-hybridized carbons (Fsp3) is 0.526. The number of halogens is 1. The van der Waals surface area contributed by atoms with Crippen molar-refractivity contribution in [3.05, 3.63) is 64.2 Å². The maximum absolute atomic E-state index is 14.7. The fourth-order valence-corrected chi connectivity index (χ4v) is 7.51. The number of oxime groups is 1. The third-order valence-corrected chi connectivity index (χ3v) is 10.3. The molecule has 51 heavy (non-hydrogen) atoms. The molecule has 0 aromatic heterocycles. The van der Waals surface area contributed by atoms with Gasteiger partial charge in [-0.25, -0.2) is 0 Å². The van der Waals surface area contributed by atoms with Gasteiger partial charge in [0.15, 0.2) is 5.60 Å². The number of likely N-dealkylation sites (N-methyl/N-ethyl adjacent to an activating group) is 1. The molecule has 1 saturated carbocycles. The first kappa shape index (κ1) is 37.8. The Balaban J connectivity index is 1.42. The second-order valence-electron chi connectivity index (χ2n) is 14.9. The van der Waals surface area contributed by atoms with E-state index in [1.165, 1.54) is 11.9 Å². The van der Waals surface area contributed by atoms with Gasteiger partial charge in [0.05, 0.1) is 30.4 Å². The predicted molar refractivity (Wildman–Crippen MR) is 192 cm³/mol. The highest BCUT2D eigenvalue weighted by Gasteiger charge is 2.56. The van der Waals surface area contributed by atoms with Gasteiger partial charge >= 0.3 is 0 Å². The molecular formula is C38H48ClN5O7. The maximum Gasteiger partial charge on any atom is 0.289 e. The van der Waals surface area contributed by atoms with E-state index in [9.17, 15) is 24.0 Å². The first-order chi connectivity index (χ1) is 24.1. The summed E-state index contributed by atoms with van der Waals surface area (Å²) in [6.45, 7) is 9.30. The number of nitrogens with one attached hydrogen (secondary N) is 3. The van der Waals surface area contributed by atoms with Gasteiger partial charge in [-0.1, -0.05) is 81.2 Å². The summed E-state index contributed by atoms with van der Waals surface area (Å²) in [6.07, 6.45) is 1.77. The van der Waals surface area contributed by atoms with Crippen molar-refractivity contribution in [1.29, 1.82) is 0 Å². The number of ketones is 1. The molecule has 0 bridgehead atoms. The SMILES string of the molecule is CCC[C@H](NC(=O)[C@@H]1C[C@]2(CC(c3cc(C)c(OC)c(Cl)c3)=NO2)CN1C(=O)C(NC(=O)[C@@H]1C[C@H]1c1ccccc1)C(C)(C)C)C(=O)C(=O)NC. The molecule has 5 rings (SSSR count). The molecule has 6 atom stereocenters. The molecule has 1 unspecified atom stereocenters. The van der Waals surface area contributed by atoms with Crippen molar-refractivity contribution in [2.75, 3.05) is 20.7 Å². The molecule has 2 heterocycles. The van der Waals surface area contributed by atoms with Crippen LogP contribution in [0.25, 0.3) is 0 Å². The van der Waals surface area contributed by atoms with Crippen molar-refractivity contribution in [3.63, 3.8) is 0 Å². The summed E-state index contributed by atoms with van der Waals surface area (Å²) in [5.41, 5.74) is 1.40. The zero-order chi connectivity index (χ0) is 37.2. The number of hydrogen-bond acceptors (Lipinski definition) is 8. The van der Waals surface area contributed by atoms with Crippen molar-refractivity contribution in [2.45, 2.75) is 96.4 Å². The zero-order valence-corrected chi connectivity index (χ0v) is 31.1. The average Bonchev–Trinajstić information content (AvgIpc) is 3.66. The van der Waals surface area contributed by atoms with Gasteiger partial charge in [-0.15, -0.1) is 0 Å². The number of nitrogens with zero attached hydrogens (tertiary/aromatic N) is 2. The molecule has 1 saturated heterocycles. The molecule has 4 amide bonds. The van der Waals surface area contributed by atoms with E-state index in [1.54, 1.807) is 13.2 Å². The maximum atomic E-state index is 14.7. The number of benzene rings is 2. The van der Waals surface area contributed by atoms with Crippen LogP contribution in [0.4, 0.5) is 0 Å². The van der Waals surface area contributed by atoms with Gasteiger partial charge in [-0.3, -0.25) is 24.0 Å². The summed E-state index contributed by atoms with van der Waals surface area (Å²) in [4.78, 5) is 75.1. The number of carbonyl (C=O) groups excluding carboxylic acids is 5. The van der Waals surface area contributed by atoms with E-state index in [0.29, 0.717) is 29.3 Å². The van der Waals surface area contributed by atoms with E-state index in [4.69, 9.17) is 21.2 Å². The lowest BCUT2D eigenvalue weighted by atomic mass is 9.85. The Morgan fingerprint density at radius 3 is 2.41 bits per heavy atom. The lowest BCUT2D eigenvalue weighted by Gasteiger charge is -2.35. The van der Waals surface area contributed by atoms with Crippen molar-refractivity contribution >= 4 is 46.7 Å². The quantitative estimate of drug-likeness (QED) is 0.279. The topological polar surface area (TPSA) is 156 Å². The average molecular weight is 722 g/mol. The van der Waals surface area contributed by atoms with Crippen LogP contribution in [0, 0.1) is 18.3 Å². The third kappa shape index (κ3) is 8.06. The zero-order valence-electron chi connectivity index (χ0n) is 30.3. The molecule has 12 nitrogen and oxygen atoms in total. The van der Waals surface area contributed by atoms with Gasteiger partial charge in [0, 0.05) is 31.4 Å². The van der Waals surface area contributed by atoms with Crippen molar-refractivity contribution < 1.29 is 33.5 Å². The van der Waals surface area contributed by atoms with Crippen molar-refractivity contribution in [2.24, 2.45) is 16.5 Å². The van der Waals surface area contributed by atoms with E-state index in [2.05, 4.69) is 21.1 Å². The summed E-state index contributed by atoms with van der Waals surface area (Å²) in [6, 6.07) is 10.3. The van der Waals surface area contributed by atoms with E-state index in [1.807, 2.05) is 71.0 Å². The van der Waals surface area contributed by atoms with E-state index < -0.39 is 52.6 Å². The van der Waals surface area contributed by atoms with Crippen LogP contribution in [0.5, 0.6) is 5.75 Å². The van der Waals surface area contributed by atoms with Crippen LogP contribution in [0.15, 0.2) is 47.6 Å². The normalized spacial score (nSPS) is 23.5. The molecule has 1 spiro atoms. The molecule has 3 aliphatic rings. The lowest BCUT2D eigenvalue weighted by molar-refractivity contribution is -0.145. The summed E-state index contributed by atoms with van der Waals surface area (Å²) in [5.74, 6) is -2.51. The monoisotopic (exact) mass is 721 g/mol. The van der Waals surface area contributed by atoms with Gasteiger partial charge in [0.25, 0.3) is 5.91 Å². The van der Waals surface area contributed by atoms with Crippen LogP contribution in [0.1, 0.15) is 82.4 Å². The van der Waals surface area contributed by atoms with Gasteiger partial charge in [-0.05, 0) is 54.4 Å². The Kier molecular flexibility index (Phi) is 11.1. The number of rotatable bonds is 12. The summed E-state index contributed by atoms with van der Waals surface area (Å²) >= 11 is 6.50.